The van der Waals surface area contributed by atoms with E-state index in [1.165, 1.54) is 10.8 Å². The van der Waals surface area contributed by atoms with Crippen LogP contribution in [0, 0.1) is 13.8 Å². The predicted molar refractivity (Wildman–Crippen MR) is 157 cm³/mol. The number of esters is 2. The van der Waals surface area contributed by atoms with Gasteiger partial charge in [-0.3, -0.25) is 14.3 Å². The Labute approximate surface area is 247 Å². The van der Waals surface area contributed by atoms with Crippen LogP contribution in [0.1, 0.15) is 55.6 Å². The molecule has 1 N–H and O–H groups in total. The Hall–Kier alpha value is -4.80. The second kappa shape index (κ2) is 13.5. The third kappa shape index (κ3) is 7.54. The lowest BCUT2D eigenvalue weighted by atomic mass is 10.1. The summed E-state index contributed by atoms with van der Waals surface area (Å²) in [6.07, 6.45) is -1.15. The molecule has 3 atom stereocenters. The number of hydrogen-bond acceptors (Lipinski definition) is 8. The second-order valence-corrected chi connectivity index (χ2v) is 10.4. The molecule has 0 aliphatic carbocycles. The van der Waals surface area contributed by atoms with E-state index < -0.39 is 41.6 Å². The highest BCUT2D eigenvalue weighted by Crippen LogP contribution is 2.31. The molecule has 1 aromatic heterocycles. The Morgan fingerprint density at radius 3 is 2.14 bits per heavy atom. The summed E-state index contributed by atoms with van der Waals surface area (Å²) in [5.74, 6) is -1.14. The topological polar surface area (TPSA) is 126 Å². The molecule has 1 fully saturated rings. The minimum absolute atomic E-state index is 0.0410. The summed E-state index contributed by atoms with van der Waals surface area (Å²) >= 11 is 0. The zero-order valence-corrected chi connectivity index (χ0v) is 23.9. The van der Waals surface area contributed by atoms with E-state index in [0.29, 0.717) is 11.1 Å². The van der Waals surface area contributed by atoms with E-state index in [0.717, 1.165) is 16.7 Å². The molecule has 43 heavy (non-hydrogen) atoms. The number of aromatic amines is 1. The highest BCUT2D eigenvalue weighted by molar-refractivity contribution is 5.90. The Bertz CT molecular complexity index is 1680. The molecule has 5 rings (SSSR count). The average molecular weight is 585 g/mol. The van der Waals surface area contributed by atoms with Gasteiger partial charge in [-0.25, -0.2) is 14.4 Å². The van der Waals surface area contributed by atoms with Crippen LogP contribution in [0.2, 0.25) is 0 Å². The Morgan fingerprint density at radius 1 is 0.860 bits per heavy atom. The molecule has 0 amide bonds. The number of rotatable bonds is 10. The minimum Gasteiger partial charge on any atom is -0.459 e. The molecule has 0 radical (unpaired) electrons. The van der Waals surface area contributed by atoms with Gasteiger partial charge in [-0.05, 0) is 43.7 Å². The molecule has 1 aliphatic heterocycles. The number of aryl methyl sites for hydroxylation is 2. The van der Waals surface area contributed by atoms with Crippen LogP contribution >= 0.6 is 0 Å². The predicted octanol–water partition coefficient (Wildman–Crippen LogP) is 4.24. The van der Waals surface area contributed by atoms with Crippen LogP contribution in [0.5, 0.6) is 0 Å². The molecule has 2 heterocycles. The van der Waals surface area contributed by atoms with Crippen molar-refractivity contribution in [3.8, 4) is 0 Å². The van der Waals surface area contributed by atoms with Gasteiger partial charge in [-0.2, -0.15) is 0 Å². The van der Waals surface area contributed by atoms with Crippen molar-refractivity contribution in [2.24, 2.45) is 0 Å². The first-order valence-corrected chi connectivity index (χ1v) is 13.9. The van der Waals surface area contributed by atoms with Gasteiger partial charge in [0, 0.05) is 12.6 Å². The van der Waals surface area contributed by atoms with Crippen molar-refractivity contribution in [1.82, 2.24) is 9.55 Å². The van der Waals surface area contributed by atoms with E-state index in [1.807, 2.05) is 44.2 Å². The van der Waals surface area contributed by atoms with Crippen LogP contribution in [0.4, 0.5) is 0 Å². The summed E-state index contributed by atoms with van der Waals surface area (Å²) in [5, 5.41) is 0. The first-order chi connectivity index (χ1) is 20.8. The van der Waals surface area contributed by atoms with Crippen molar-refractivity contribution in [3.63, 3.8) is 0 Å². The maximum Gasteiger partial charge on any atom is 0.338 e. The maximum atomic E-state index is 13.0. The number of nitrogens with zero attached hydrogens (tertiary/aromatic N) is 1. The highest BCUT2D eigenvalue weighted by Gasteiger charge is 2.40. The molecule has 1 aliphatic rings. The van der Waals surface area contributed by atoms with Gasteiger partial charge in [-0.15, -0.1) is 0 Å². The Morgan fingerprint density at radius 2 is 1.49 bits per heavy atom. The lowest BCUT2D eigenvalue weighted by Crippen LogP contribution is -2.34. The smallest absolute Gasteiger partial charge is 0.338 e. The summed E-state index contributed by atoms with van der Waals surface area (Å²) < 4.78 is 24.4. The second-order valence-electron chi connectivity index (χ2n) is 10.4. The molecule has 0 unspecified atom stereocenters. The van der Waals surface area contributed by atoms with Crippen LogP contribution in [-0.4, -0.2) is 40.3 Å². The zero-order chi connectivity index (χ0) is 30.3. The normalized spacial score (nSPS) is 17.9. The number of carbonyl (C=O) groups excluding carboxylic acids is 2. The number of H-pyrrole nitrogens is 1. The van der Waals surface area contributed by atoms with Gasteiger partial charge in [0.05, 0.1) is 29.9 Å². The summed E-state index contributed by atoms with van der Waals surface area (Å²) in [5.41, 5.74) is 2.60. The fraction of sp³-hybridized carbons (Fsp3) is 0.273. The largest absolute Gasteiger partial charge is 0.459 e. The monoisotopic (exact) mass is 584 g/mol. The van der Waals surface area contributed by atoms with Gasteiger partial charge >= 0.3 is 17.6 Å². The van der Waals surface area contributed by atoms with Crippen LogP contribution in [0.25, 0.3) is 0 Å². The Balaban J connectivity index is 1.33. The summed E-state index contributed by atoms with van der Waals surface area (Å²) in [7, 11) is 0. The third-order valence-electron chi connectivity index (χ3n) is 7.11. The molecule has 4 aromatic rings. The fourth-order valence-corrected chi connectivity index (χ4v) is 4.67. The number of benzene rings is 3. The van der Waals surface area contributed by atoms with Gasteiger partial charge in [-0.1, -0.05) is 65.7 Å². The molecule has 3 aromatic carbocycles. The average Bonchev–Trinajstić information content (AvgIpc) is 3.40. The molecule has 1 saturated heterocycles. The van der Waals surface area contributed by atoms with Gasteiger partial charge in [0.2, 0.25) is 0 Å². The van der Waals surface area contributed by atoms with Gasteiger partial charge in [0.15, 0.2) is 0 Å². The van der Waals surface area contributed by atoms with E-state index in [-0.39, 0.29) is 31.8 Å². The van der Waals surface area contributed by atoms with E-state index in [4.69, 9.17) is 18.9 Å². The fourth-order valence-electron chi connectivity index (χ4n) is 4.67. The van der Waals surface area contributed by atoms with Crippen molar-refractivity contribution < 1.29 is 28.5 Å². The first kappa shape index (κ1) is 29.7. The van der Waals surface area contributed by atoms with Crippen molar-refractivity contribution >= 4 is 11.9 Å². The number of carbonyl (C=O) groups is 2. The standard InChI is InChI=1S/C33H32N2O8/c1-21-8-12-24(13-9-21)31(37)41-20-28-27(43-32(38)25-14-10-22(2)11-15-25)16-29(42-28)35-17-26(30(36)34-33(35)39)19-40-18-23-6-4-3-5-7-23/h3-15,17,27-29H,16,18-20H2,1-2H3,(H,34,36,39)/t27-,28+,29+/m1/s1. The molecular formula is C33H32N2O8. The SMILES string of the molecule is Cc1ccc(C(=O)OC[C@@H]2O[C@H](n3cc(COCc4ccccc4)c(=O)[nH]c3=O)C[C@H]2OC(=O)c2ccc(C)cc2)cc1. The van der Waals surface area contributed by atoms with Gasteiger partial charge in [0.25, 0.3) is 5.56 Å². The van der Waals surface area contributed by atoms with Crippen LogP contribution < -0.4 is 11.2 Å². The lowest BCUT2D eigenvalue weighted by Gasteiger charge is -2.19. The quantitative estimate of drug-likeness (QED) is 0.275. The van der Waals surface area contributed by atoms with Gasteiger partial charge in [0.1, 0.15) is 25.0 Å². The van der Waals surface area contributed by atoms with Crippen LogP contribution in [-0.2, 0) is 32.2 Å². The maximum absolute atomic E-state index is 13.0. The van der Waals surface area contributed by atoms with Crippen molar-refractivity contribution in [3.05, 3.63) is 139 Å². The van der Waals surface area contributed by atoms with Crippen LogP contribution in [0.15, 0.2) is 94.6 Å². The number of nitrogens with one attached hydrogen (secondary N) is 1. The molecule has 0 spiro atoms. The van der Waals surface area contributed by atoms with E-state index in [1.54, 1.807) is 48.5 Å². The molecule has 10 nitrogen and oxygen atoms in total. The number of aromatic nitrogens is 2. The van der Waals surface area contributed by atoms with Gasteiger partial charge < -0.3 is 18.9 Å². The summed E-state index contributed by atoms with van der Waals surface area (Å²) in [6.45, 7) is 3.84. The molecule has 10 heteroatoms. The number of ether oxygens (including phenoxy) is 4. The first-order valence-electron chi connectivity index (χ1n) is 13.9. The van der Waals surface area contributed by atoms with Crippen molar-refractivity contribution in [2.75, 3.05) is 6.61 Å². The number of hydrogen-bond donors (Lipinski definition) is 1. The van der Waals surface area contributed by atoms with Crippen molar-refractivity contribution in [2.45, 2.75) is 51.9 Å². The molecule has 0 bridgehead atoms. The summed E-state index contributed by atoms with van der Waals surface area (Å²) in [4.78, 5) is 53.3. The van der Waals surface area contributed by atoms with E-state index in [9.17, 15) is 19.2 Å². The summed E-state index contributed by atoms with van der Waals surface area (Å²) in [6, 6.07) is 23.3. The van der Waals surface area contributed by atoms with Crippen molar-refractivity contribution in [1.29, 1.82) is 0 Å². The zero-order valence-electron chi connectivity index (χ0n) is 23.9. The van der Waals surface area contributed by atoms with E-state index in [2.05, 4.69) is 4.98 Å². The Kier molecular flexibility index (Phi) is 9.29. The lowest BCUT2D eigenvalue weighted by molar-refractivity contribution is -0.0583. The third-order valence-corrected chi connectivity index (χ3v) is 7.11. The van der Waals surface area contributed by atoms with Crippen LogP contribution in [0.3, 0.4) is 0 Å². The highest BCUT2D eigenvalue weighted by atomic mass is 16.6. The van der Waals surface area contributed by atoms with E-state index >= 15 is 0 Å². The molecule has 0 saturated carbocycles. The minimum atomic E-state index is -0.906. The molecule has 222 valence electrons. The molecular weight excluding hydrogens is 552 g/mol.